The number of benzene rings is 1. The summed E-state index contributed by atoms with van der Waals surface area (Å²) in [5, 5.41) is 3.43. The summed E-state index contributed by atoms with van der Waals surface area (Å²) in [4.78, 5) is 22.3. The van der Waals surface area contributed by atoms with E-state index in [1.807, 2.05) is 11.9 Å². The van der Waals surface area contributed by atoms with Gasteiger partial charge in [-0.25, -0.2) is 0 Å². The van der Waals surface area contributed by atoms with Crippen LogP contribution in [0.2, 0.25) is 0 Å². The predicted octanol–water partition coefficient (Wildman–Crippen LogP) is 2.43. The molecule has 0 saturated carbocycles. The van der Waals surface area contributed by atoms with Crippen LogP contribution in [0.25, 0.3) is 0 Å². The summed E-state index contributed by atoms with van der Waals surface area (Å²) < 4.78 is 5.53. The molecule has 0 radical (unpaired) electrons. The molecule has 2 fully saturated rings. The Balaban J connectivity index is 0.00000261. The molecule has 2 aliphatic heterocycles. The van der Waals surface area contributed by atoms with Crippen LogP contribution in [0.15, 0.2) is 34.2 Å². The van der Waals surface area contributed by atoms with Gasteiger partial charge in [0.1, 0.15) is 6.10 Å². The summed E-state index contributed by atoms with van der Waals surface area (Å²) in [5.41, 5.74) is 1.23. The van der Waals surface area contributed by atoms with Crippen molar-refractivity contribution in [3.63, 3.8) is 0 Å². The Morgan fingerprint density at radius 1 is 1.22 bits per heavy atom. The molecule has 0 bridgehead atoms. The number of amides is 1. The molecule has 6 nitrogen and oxygen atoms in total. The van der Waals surface area contributed by atoms with Gasteiger partial charge < -0.3 is 19.9 Å². The lowest BCUT2D eigenvalue weighted by Crippen LogP contribution is -2.55. The smallest absolute Gasteiger partial charge is 0.251 e. The van der Waals surface area contributed by atoms with Crippen LogP contribution in [0, 0.1) is 0 Å². The number of thioether (sulfide) groups is 1. The molecular weight excluding hydrogens is 475 g/mol. The van der Waals surface area contributed by atoms with Crippen LogP contribution in [0.3, 0.4) is 0 Å². The highest BCUT2D eigenvalue weighted by molar-refractivity contribution is 14.0. The van der Waals surface area contributed by atoms with E-state index in [-0.39, 0.29) is 36.0 Å². The number of hydrogen-bond acceptors (Lipinski definition) is 4. The molecule has 8 heteroatoms. The molecule has 1 N–H and O–H groups in total. The Hall–Kier alpha value is -1.00. The topological polar surface area (TPSA) is 57.2 Å². The Kier molecular flexibility index (Phi) is 9.17. The number of piperazine rings is 1. The summed E-state index contributed by atoms with van der Waals surface area (Å²) in [7, 11) is 1.81. The first kappa shape index (κ1) is 22.3. The molecule has 0 aliphatic carbocycles. The molecule has 2 aliphatic rings. The predicted molar refractivity (Wildman–Crippen MR) is 121 cm³/mol. The molecule has 1 aromatic carbocycles. The highest BCUT2D eigenvalue weighted by Crippen LogP contribution is 2.16. The van der Waals surface area contributed by atoms with Crippen LogP contribution in [0.4, 0.5) is 0 Å². The summed E-state index contributed by atoms with van der Waals surface area (Å²) in [5.74, 6) is 1.04. The molecule has 0 aromatic heterocycles. The standard InChI is InChI=1S/C19H28N4O2S.HI/c1-20-19(21-14-15-5-7-16(26-2)8-6-15)23-11-9-22(10-12-23)18(24)17-4-3-13-25-17;/h5-8,17H,3-4,9-14H2,1-2H3,(H,20,21);1H. The second-order valence-electron chi connectivity index (χ2n) is 6.56. The fourth-order valence-electron chi connectivity index (χ4n) is 3.37. The van der Waals surface area contributed by atoms with Crippen molar-refractivity contribution in [1.29, 1.82) is 0 Å². The van der Waals surface area contributed by atoms with Crippen molar-refractivity contribution < 1.29 is 9.53 Å². The van der Waals surface area contributed by atoms with E-state index in [0.717, 1.165) is 51.5 Å². The van der Waals surface area contributed by atoms with Crippen molar-refractivity contribution >= 4 is 47.6 Å². The molecule has 1 atom stereocenters. The van der Waals surface area contributed by atoms with Gasteiger partial charge in [0.05, 0.1) is 0 Å². The van der Waals surface area contributed by atoms with Gasteiger partial charge in [0.15, 0.2) is 5.96 Å². The monoisotopic (exact) mass is 504 g/mol. The third kappa shape index (κ3) is 5.99. The van der Waals surface area contributed by atoms with E-state index in [1.54, 1.807) is 11.8 Å². The summed E-state index contributed by atoms with van der Waals surface area (Å²) in [6, 6.07) is 8.56. The third-order valence-electron chi connectivity index (χ3n) is 4.92. The van der Waals surface area contributed by atoms with Gasteiger partial charge in [-0.1, -0.05) is 12.1 Å². The number of ether oxygens (including phenoxy) is 1. The lowest BCUT2D eigenvalue weighted by atomic mass is 10.2. The van der Waals surface area contributed by atoms with Gasteiger partial charge in [0.2, 0.25) is 0 Å². The molecule has 2 saturated heterocycles. The Bertz CT molecular complexity index is 627. The van der Waals surface area contributed by atoms with Crippen molar-refractivity contribution in [2.24, 2.45) is 4.99 Å². The molecule has 1 aromatic rings. The van der Waals surface area contributed by atoms with Gasteiger partial charge in [0.25, 0.3) is 5.91 Å². The summed E-state index contributed by atoms with van der Waals surface area (Å²) in [6.07, 6.45) is 3.71. The molecule has 3 rings (SSSR count). The molecule has 150 valence electrons. The maximum atomic E-state index is 12.4. The quantitative estimate of drug-likeness (QED) is 0.296. The van der Waals surface area contributed by atoms with Crippen LogP contribution in [-0.4, -0.2) is 73.9 Å². The van der Waals surface area contributed by atoms with Gasteiger partial charge >= 0.3 is 0 Å². The molecular formula is C19H29IN4O2S. The van der Waals surface area contributed by atoms with Gasteiger partial charge in [-0.3, -0.25) is 9.79 Å². The zero-order valence-corrected chi connectivity index (χ0v) is 19.2. The van der Waals surface area contributed by atoms with Crippen LogP contribution in [-0.2, 0) is 16.1 Å². The maximum Gasteiger partial charge on any atom is 0.251 e. The average Bonchev–Trinajstić information content (AvgIpc) is 3.24. The van der Waals surface area contributed by atoms with Crippen molar-refractivity contribution in [2.45, 2.75) is 30.4 Å². The second kappa shape index (κ2) is 11.1. The minimum Gasteiger partial charge on any atom is -0.368 e. The molecule has 27 heavy (non-hydrogen) atoms. The Morgan fingerprint density at radius 2 is 1.89 bits per heavy atom. The van der Waals surface area contributed by atoms with Crippen molar-refractivity contribution in [3.8, 4) is 0 Å². The van der Waals surface area contributed by atoms with E-state index in [0.29, 0.717) is 6.61 Å². The van der Waals surface area contributed by atoms with Gasteiger partial charge in [-0.15, -0.1) is 35.7 Å². The van der Waals surface area contributed by atoms with Crippen molar-refractivity contribution in [1.82, 2.24) is 15.1 Å². The number of guanidine groups is 1. The minimum absolute atomic E-state index is 0. The molecule has 2 heterocycles. The SMILES string of the molecule is CN=C(NCc1ccc(SC)cc1)N1CCN(C(=O)C2CCCO2)CC1.I. The molecule has 1 amide bonds. The Labute approximate surface area is 183 Å². The number of hydrogen-bond donors (Lipinski definition) is 1. The minimum atomic E-state index is -0.219. The number of aliphatic imine (C=N–C) groups is 1. The highest BCUT2D eigenvalue weighted by Gasteiger charge is 2.30. The van der Waals surface area contributed by atoms with E-state index >= 15 is 0 Å². The van der Waals surface area contributed by atoms with E-state index in [1.165, 1.54) is 10.5 Å². The van der Waals surface area contributed by atoms with E-state index in [9.17, 15) is 4.79 Å². The largest absolute Gasteiger partial charge is 0.368 e. The number of halogens is 1. The number of nitrogens with one attached hydrogen (secondary N) is 1. The average molecular weight is 504 g/mol. The first-order valence-corrected chi connectivity index (χ1v) is 10.4. The number of carbonyl (C=O) groups excluding carboxylic acids is 1. The van der Waals surface area contributed by atoms with E-state index < -0.39 is 0 Å². The van der Waals surface area contributed by atoms with E-state index in [4.69, 9.17) is 4.74 Å². The Morgan fingerprint density at radius 3 is 2.44 bits per heavy atom. The normalized spacial score (nSPS) is 20.4. The zero-order valence-electron chi connectivity index (χ0n) is 16.0. The van der Waals surface area contributed by atoms with Gasteiger partial charge in [0, 0.05) is 51.3 Å². The lowest BCUT2D eigenvalue weighted by Gasteiger charge is -2.37. The fourth-order valence-corrected chi connectivity index (χ4v) is 3.78. The molecule has 1 unspecified atom stereocenters. The van der Waals surface area contributed by atoms with Crippen LogP contribution < -0.4 is 5.32 Å². The number of carbonyl (C=O) groups is 1. The van der Waals surface area contributed by atoms with Gasteiger partial charge in [-0.05, 0) is 36.8 Å². The number of rotatable bonds is 4. The first-order chi connectivity index (χ1) is 12.7. The van der Waals surface area contributed by atoms with Gasteiger partial charge in [-0.2, -0.15) is 0 Å². The van der Waals surface area contributed by atoms with Crippen molar-refractivity contribution in [2.75, 3.05) is 46.1 Å². The third-order valence-corrected chi connectivity index (χ3v) is 5.66. The van der Waals surface area contributed by atoms with E-state index in [2.05, 4.69) is 45.7 Å². The highest BCUT2D eigenvalue weighted by atomic mass is 127. The second-order valence-corrected chi connectivity index (χ2v) is 7.44. The van der Waals surface area contributed by atoms with Crippen LogP contribution in [0.5, 0.6) is 0 Å². The first-order valence-electron chi connectivity index (χ1n) is 9.20. The fraction of sp³-hybridized carbons (Fsp3) is 0.579. The van der Waals surface area contributed by atoms with Crippen molar-refractivity contribution in [3.05, 3.63) is 29.8 Å². The van der Waals surface area contributed by atoms with Crippen LogP contribution in [0.1, 0.15) is 18.4 Å². The summed E-state index contributed by atoms with van der Waals surface area (Å²) >= 11 is 1.75. The summed E-state index contributed by atoms with van der Waals surface area (Å²) in [6.45, 7) is 4.50. The maximum absolute atomic E-state index is 12.4. The molecule has 0 spiro atoms. The zero-order chi connectivity index (χ0) is 18.4. The number of nitrogens with zero attached hydrogens (tertiary/aromatic N) is 3. The van der Waals surface area contributed by atoms with Crippen LogP contribution >= 0.6 is 35.7 Å². The lowest BCUT2D eigenvalue weighted by molar-refractivity contribution is -0.142.